The maximum absolute atomic E-state index is 15.0. The summed E-state index contributed by atoms with van der Waals surface area (Å²) in [6.45, 7) is 15.0. The Morgan fingerprint density at radius 1 is 0.896 bits per heavy atom. The van der Waals surface area contributed by atoms with Crippen LogP contribution in [-0.4, -0.2) is 146 Å². The van der Waals surface area contributed by atoms with Gasteiger partial charge in [0.1, 0.15) is 35.2 Å². The predicted octanol–water partition coefficient (Wildman–Crippen LogP) is 4.60. The number of carbonyl (C=O) groups excluding carboxylic acids is 6. The number of fused-ring (bicyclic) bond motifs is 2. The molecule has 412 valence electrons. The molecule has 3 unspecified atom stereocenters. The lowest BCUT2D eigenvalue weighted by molar-refractivity contribution is -0.143. The number of hydrogen-bond acceptors (Lipinski definition) is 11. The topological polar surface area (TPSA) is 197 Å². The molecular formula is C57H71F3N10O7. The molecule has 4 aliphatic rings. The molecule has 6 N–H and O–H groups in total. The van der Waals surface area contributed by atoms with Gasteiger partial charge in [0.05, 0.1) is 37.8 Å². The molecular weight excluding hydrogens is 994 g/mol. The molecule has 0 aromatic heterocycles. The van der Waals surface area contributed by atoms with Crippen molar-refractivity contribution in [1.82, 2.24) is 36.0 Å². The Morgan fingerprint density at radius 3 is 2.32 bits per heavy atom. The van der Waals surface area contributed by atoms with E-state index in [0.29, 0.717) is 56.0 Å². The number of ether oxygens (including phenoxy) is 1. The Bertz CT molecular complexity index is 2840. The summed E-state index contributed by atoms with van der Waals surface area (Å²) in [6.07, 6.45) is 0.941. The third-order valence-corrected chi connectivity index (χ3v) is 15.7. The summed E-state index contributed by atoms with van der Waals surface area (Å²) in [5.74, 6) is -6.07. The number of nitrogens with one attached hydrogen (secondary N) is 6. The van der Waals surface area contributed by atoms with Gasteiger partial charge in [-0.3, -0.25) is 38.6 Å². The number of benzene rings is 4. The predicted molar refractivity (Wildman–Crippen MR) is 286 cm³/mol. The lowest BCUT2D eigenvalue weighted by Crippen LogP contribution is -2.62. The number of amides is 6. The van der Waals surface area contributed by atoms with E-state index in [1.165, 1.54) is 23.1 Å². The fourth-order valence-corrected chi connectivity index (χ4v) is 10.7. The molecule has 4 aromatic carbocycles. The van der Waals surface area contributed by atoms with Crippen LogP contribution in [-0.2, 0) is 51.9 Å². The van der Waals surface area contributed by atoms with Crippen LogP contribution < -0.4 is 36.8 Å². The highest BCUT2D eigenvalue weighted by molar-refractivity contribution is 6.05. The highest BCUT2D eigenvalue weighted by Crippen LogP contribution is 2.43. The monoisotopic (exact) mass is 1060 g/mol. The van der Waals surface area contributed by atoms with E-state index in [9.17, 15) is 41.9 Å². The third-order valence-electron chi connectivity index (χ3n) is 15.7. The molecule has 0 aliphatic carbocycles. The highest BCUT2D eigenvalue weighted by Gasteiger charge is 2.48. The summed E-state index contributed by atoms with van der Waals surface area (Å²) >= 11 is 0. The van der Waals surface area contributed by atoms with E-state index in [2.05, 4.69) is 55.5 Å². The minimum Gasteiger partial charge on any atom is -0.379 e. The minimum atomic E-state index is -1.45. The maximum atomic E-state index is 15.0. The molecule has 8 rings (SSSR count). The number of halogens is 3. The largest absolute Gasteiger partial charge is 0.379 e. The van der Waals surface area contributed by atoms with Gasteiger partial charge in [-0.1, -0.05) is 56.7 Å². The first-order valence-electron chi connectivity index (χ1n) is 26.5. The quantitative estimate of drug-likeness (QED) is 0.0816. The SMILES string of the molecule is CCC(C)C(NC(=O)C(C)NC)C(=O)N1Cc2ccc(NC(=O)CNC(=O)[C@]3(C)CN(C(=O)CN4C[C@@H](C)NC[C@@H]4CN4CCOC[C@H]4C)c4cc(Cc5ccc(F)cc5)ccc43)cc2[C@H]1C(=O)Nc1c(F)cccc1F. The summed E-state index contributed by atoms with van der Waals surface area (Å²) in [5.41, 5.74) is 1.88. The average Bonchev–Trinajstić information content (AvgIpc) is 4.08. The molecule has 4 aromatic rings. The van der Waals surface area contributed by atoms with Crippen molar-refractivity contribution in [3.05, 3.63) is 124 Å². The van der Waals surface area contributed by atoms with E-state index in [1.54, 1.807) is 57.0 Å². The fourth-order valence-electron chi connectivity index (χ4n) is 10.7. The van der Waals surface area contributed by atoms with Crippen molar-refractivity contribution in [2.45, 2.75) is 103 Å². The van der Waals surface area contributed by atoms with Gasteiger partial charge in [-0.05, 0) is 117 Å². The third kappa shape index (κ3) is 12.7. The number of rotatable bonds is 18. The molecule has 8 atom stereocenters. The van der Waals surface area contributed by atoms with E-state index in [1.807, 2.05) is 25.1 Å². The number of piperazine rings is 1. The second kappa shape index (κ2) is 24.3. The van der Waals surface area contributed by atoms with Gasteiger partial charge in [0.15, 0.2) is 0 Å². The summed E-state index contributed by atoms with van der Waals surface area (Å²) in [4.78, 5) is 92.6. The van der Waals surface area contributed by atoms with Crippen molar-refractivity contribution < 1.29 is 46.7 Å². The van der Waals surface area contributed by atoms with Gasteiger partial charge in [-0.15, -0.1) is 0 Å². The number of nitrogens with zero attached hydrogens (tertiary/aromatic N) is 4. The zero-order valence-electron chi connectivity index (χ0n) is 44.8. The van der Waals surface area contributed by atoms with E-state index in [0.717, 1.165) is 42.4 Å². The standard InChI is InChI=1S/C57H71F3N10O7/c1-8-33(2)50(65-53(73)36(5)61-7)55(75)69-28-39-15-18-41(24-43(39)52(69)54(74)66-51-45(59)10-9-11-46(51)60)64-48(71)26-63-56(76)57(6)32-70(47-23-38(14-19-44(47)57)22-37-12-16-40(58)17-13-37)49(72)30-68-27-34(3)62-25-42(68)29-67-20-21-77-31-35(67)4/h9-19,23-24,33-36,42,50,52,61-62H,8,20-22,25-32H2,1-7H3,(H,63,76)(H,64,71)(H,65,73)(H,66,74)/t33?,34-,35-,36?,42-,50?,52+,57-/m1/s1. The van der Waals surface area contributed by atoms with Crippen molar-refractivity contribution in [2.75, 3.05) is 81.6 Å². The van der Waals surface area contributed by atoms with Crippen LogP contribution >= 0.6 is 0 Å². The average molecular weight is 1070 g/mol. The number of carbonyl (C=O) groups is 6. The summed E-state index contributed by atoms with van der Waals surface area (Å²) in [5, 5.41) is 17.2. The van der Waals surface area contributed by atoms with Crippen LogP contribution in [0, 0.1) is 23.4 Å². The first-order chi connectivity index (χ1) is 36.8. The van der Waals surface area contributed by atoms with Crippen molar-refractivity contribution in [3.63, 3.8) is 0 Å². The van der Waals surface area contributed by atoms with E-state index < -0.39 is 76.9 Å². The Hall–Kier alpha value is -6.71. The van der Waals surface area contributed by atoms with E-state index in [-0.39, 0.29) is 66.7 Å². The number of hydrogen-bond donors (Lipinski definition) is 6. The van der Waals surface area contributed by atoms with Crippen LogP contribution in [0.4, 0.5) is 30.2 Å². The number of para-hydroxylation sites is 1. The molecule has 2 saturated heterocycles. The molecule has 6 amide bonds. The molecule has 0 spiro atoms. The van der Waals surface area contributed by atoms with Crippen molar-refractivity contribution in [1.29, 1.82) is 0 Å². The zero-order valence-corrected chi connectivity index (χ0v) is 44.8. The smallest absolute Gasteiger partial charge is 0.252 e. The van der Waals surface area contributed by atoms with Crippen molar-refractivity contribution in [3.8, 4) is 0 Å². The molecule has 0 saturated carbocycles. The molecule has 0 radical (unpaired) electrons. The number of likely N-dealkylation sites (N-methyl/N-ethyl adjacent to an activating group) is 1. The molecule has 4 heterocycles. The second-order valence-corrected chi connectivity index (χ2v) is 21.3. The van der Waals surface area contributed by atoms with E-state index in [4.69, 9.17) is 4.74 Å². The Balaban J connectivity index is 1.01. The lowest BCUT2D eigenvalue weighted by atomic mass is 9.83. The molecule has 20 heteroatoms. The summed E-state index contributed by atoms with van der Waals surface area (Å²) < 4.78 is 49.5. The Labute approximate surface area is 448 Å². The molecule has 2 fully saturated rings. The highest BCUT2D eigenvalue weighted by atomic mass is 19.1. The van der Waals surface area contributed by atoms with Crippen LogP contribution in [0.3, 0.4) is 0 Å². The zero-order chi connectivity index (χ0) is 55.3. The van der Waals surface area contributed by atoms with Crippen LogP contribution in [0.25, 0.3) is 0 Å². The van der Waals surface area contributed by atoms with Crippen molar-refractivity contribution in [2.24, 2.45) is 5.92 Å². The molecule has 17 nitrogen and oxygen atoms in total. The minimum absolute atomic E-state index is 0.00219. The Kier molecular flexibility index (Phi) is 17.8. The van der Waals surface area contributed by atoms with Crippen LogP contribution in [0.1, 0.15) is 81.8 Å². The number of anilines is 3. The van der Waals surface area contributed by atoms with Gasteiger partial charge in [0.2, 0.25) is 29.5 Å². The van der Waals surface area contributed by atoms with Gasteiger partial charge >= 0.3 is 0 Å². The molecule has 77 heavy (non-hydrogen) atoms. The van der Waals surface area contributed by atoms with Gasteiger partial charge in [0, 0.05) is 68.8 Å². The first-order valence-corrected chi connectivity index (χ1v) is 26.5. The van der Waals surface area contributed by atoms with Crippen LogP contribution in [0.2, 0.25) is 0 Å². The number of morpholine rings is 1. The van der Waals surface area contributed by atoms with Crippen molar-refractivity contribution >= 4 is 52.5 Å². The van der Waals surface area contributed by atoms with Gasteiger partial charge in [0.25, 0.3) is 5.91 Å². The normalized spacial score (nSPS) is 22.6. The molecule has 0 bridgehead atoms. The summed E-state index contributed by atoms with van der Waals surface area (Å²) in [6, 6.07) is 16.9. The van der Waals surface area contributed by atoms with Gasteiger partial charge in [-0.2, -0.15) is 0 Å². The lowest BCUT2D eigenvalue weighted by Gasteiger charge is -2.43. The fraction of sp³-hybridized carbons (Fsp3) is 0.474. The van der Waals surface area contributed by atoms with Crippen LogP contribution in [0.15, 0.2) is 78.9 Å². The Morgan fingerprint density at radius 2 is 1.62 bits per heavy atom. The summed E-state index contributed by atoms with van der Waals surface area (Å²) in [7, 11) is 1.60. The van der Waals surface area contributed by atoms with Crippen LogP contribution in [0.5, 0.6) is 0 Å². The van der Waals surface area contributed by atoms with Gasteiger partial charge in [-0.25, -0.2) is 13.2 Å². The first kappa shape index (κ1) is 56.5. The molecule has 4 aliphatic heterocycles. The van der Waals surface area contributed by atoms with E-state index >= 15 is 0 Å². The van der Waals surface area contributed by atoms with Gasteiger partial charge < -0.3 is 46.4 Å². The second-order valence-electron chi connectivity index (χ2n) is 21.3. The maximum Gasteiger partial charge on any atom is 0.252 e.